The lowest BCUT2D eigenvalue weighted by Crippen LogP contribution is -2.44. The molecule has 0 saturated carbocycles. The van der Waals surface area contributed by atoms with Crippen molar-refractivity contribution in [1.82, 2.24) is 9.80 Å². The van der Waals surface area contributed by atoms with Crippen LogP contribution in [0.5, 0.6) is 0 Å². The number of amides is 2. The van der Waals surface area contributed by atoms with Crippen molar-refractivity contribution in [2.75, 3.05) is 26.7 Å². The third-order valence-corrected chi connectivity index (χ3v) is 3.95. The monoisotopic (exact) mass is 285 g/mol. The van der Waals surface area contributed by atoms with E-state index in [2.05, 4.69) is 0 Å². The van der Waals surface area contributed by atoms with E-state index in [0.717, 1.165) is 19.4 Å². The van der Waals surface area contributed by atoms with Crippen LogP contribution in [0.25, 0.3) is 0 Å². The first kappa shape index (κ1) is 16.8. The lowest BCUT2D eigenvalue weighted by atomic mass is 10.1. The van der Waals surface area contributed by atoms with Crippen LogP contribution >= 0.6 is 0 Å². The van der Waals surface area contributed by atoms with Crippen molar-refractivity contribution in [2.45, 2.75) is 45.8 Å². The van der Waals surface area contributed by atoms with Crippen LogP contribution in [0.2, 0.25) is 0 Å². The third kappa shape index (κ3) is 4.67. The molecule has 1 heterocycles. The summed E-state index contributed by atoms with van der Waals surface area (Å²) < 4.78 is 5.34. The largest absolute Gasteiger partial charge is 0.446 e. The minimum atomic E-state index is -0.318. The molecule has 1 aliphatic heterocycles. The molecule has 6 heteroatoms. The fourth-order valence-corrected chi connectivity index (χ4v) is 2.17. The number of nitrogens with zero attached hydrogens (tertiary/aromatic N) is 2. The van der Waals surface area contributed by atoms with Crippen molar-refractivity contribution in [3.05, 3.63) is 0 Å². The molecule has 1 fully saturated rings. The summed E-state index contributed by atoms with van der Waals surface area (Å²) >= 11 is 0. The summed E-state index contributed by atoms with van der Waals surface area (Å²) in [5.41, 5.74) is 5.37. The van der Waals surface area contributed by atoms with Crippen molar-refractivity contribution >= 4 is 12.0 Å². The van der Waals surface area contributed by atoms with Gasteiger partial charge in [0.1, 0.15) is 6.10 Å². The Balaban J connectivity index is 2.37. The molecular weight excluding hydrogens is 258 g/mol. The first-order valence-corrected chi connectivity index (χ1v) is 7.28. The maximum Gasteiger partial charge on any atom is 0.409 e. The Morgan fingerprint density at radius 3 is 2.60 bits per heavy atom. The first-order valence-electron chi connectivity index (χ1n) is 7.28. The van der Waals surface area contributed by atoms with Gasteiger partial charge in [-0.25, -0.2) is 4.79 Å². The molecular formula is C14H27N3O3. The molecule has 0 aliphatic carbocycles. The van der Waals surface area contributed by atoms with E-state index in [1.165, 1.54) is 0 Å². The van der Waals surface area contributed by atoms with Crippen LogP contribution in [0.4, 0.5) is 4.79 Å². The average Bonchev–Trinajstić information content (AvgIpc) is 2.83. The van der Waals surface area contributed by atoms with Crippen molar-refractivity contribution in [3.8, 4) is 0 Å². The van der Waals surface area contributed by atoms with Gasteiger partial charge in [-0.3, -0.25) is 9.69 Å². The zero-order valence-electron chi connectivity index (χ0n) is 13.0. The SMILES string of the molecule is CC(C)C(C)OC(=O)N(C)CCN1CCC[C@@H]1C(N)=O. The van der Waals surface area contributed by atoms with Gasteiger partial charge >= 0.3 is 6.09 Å². The van der Waals surface area contributed by atoms with E-state index >= 15 is 0 Å². The quantitative estimate of drug-likeness (QED) is 0.791. The lowest BCUT2D eigenvalue weighted by Gasteiger charge is -2.26. The highest BCUT2D eigenvalue weighted by atomic mass is 16.6. The van der Waals surface area contributed by atoms with Gasteiger partial charge in [0.15, 0.2) is 0 Å². The van der Waals surface area contributed by atoms with Crippen molar-refractivity contribution < 1.29 is 14.3 Å². The van der Waals surface area contributed by atoms with Gasteiger partial charge in [0, 0.05) is 20.1 Å². The fraction of sp³-hybridized carbons (Fsp3) is 0.857. The summed E-state index contributed by atoms with van der Waals surface area (Å²) in [7, 11) is 1.71. The van der Waals surface area contributed by atoms with E-state index in [1.54, 1.807) is 11.9 Å². The lowest BCUT2D eigenvalue weighted by molar-refractivity contribution is -0.122. The van der Waals surface area contributed by atoms with Gasteiger partial charge in [0.2, 0.25) is 5.91 Å². The maximum atomic E-state index is 11.9. The Bertz CT molecular complexity index is 347. The van der Waals surface area contributed by atoms with Crippen LogP contribution in [0.1, 0.15) is 33.6 Å². The Morgan fingerprint density at radius 1 is 1.40 bits per heavy atom. The summed E-state index contributed by atoms with van der Waals surface area (Å²) in [5, 5.41) is 0. The molecule has 116 valence electrons. The molecule has 0 aromatic carbocycles. The Kier molecular flexibility index (Phi) is 6.26. The van der Waals surface area contributed by atoms with Crippen LogP contribution in [0.15, 0.2) is 0 Å². The normalized spacial score (nSPS) is 20.9. The summed E-state index contributed by atoms with van der Waals surface area (Å²) in [6.45, 7) is 7.96. The topological polar surface area (TPSA) is 75.9 Å². The van der Waals surface area contributed by atoms with Gasteiger partial charge in [0.05, 0.1) is 6.04 Å². The van der Waals surface area contributed by atoms with Gasteiger partial charge in [0.25, 0.3) is 0 Å². The second kappa shape index (κ2) is 7.47. The Hall–Kier alpha value is -1.30. The molecule has 1 unspecified atom stereocenters. The molecule has 1 saturated heterocycles. The molecule has 0 radical (unpaired) electrons. The fourth-order valence-electron chi connectivity index (χ4n) is 2.17. The predicted molar refractivity (Wildman–Crippen MR) is 77.2 cm³/mol. The number of primary amides is 1. The van der Waals surface area contributed by atoms with E-state index < -0.39 is 0 Å². The number of likely N-dealkylation sites (tertiary alicyclic amines) is 1. The number of carbonyl (C=O) groups excluding carboxylic acids is 2. The average molecular weight is 285 g/mol. The van der Waals surface area contributed by atoms with Gasteiger partial charge in [-0.05, 0) is 32.2 Å². The van der Waals surface area contributed by atoms with Gasteiger partial charge < -0.3 is 15.4 Å². The number of nitrogens with two attached hydrogens (primary N) is 1. The summed E-state index contributed by atoms with van der Waals surface area (Å²) in [6, 6.07) is -0.186. The van der Waals surface area contributed by atoms with E-state index in [1.807, 2.05) is 25.7 Å². The number of likely N-dealkylation sites (N-methyl/N-ethyl adjacent to an activating group) is 1. The number of carbonyl (C=O) groups is 2. The van der Waals surface area contributed by atoms with Crippen LogP contribution in [-0.2, 0) is 9.53 Å². The number of hydrogen-bond acceptors (Lipinski definition) is 4. The molecule has 1 aliphatic rings. The highest BCUT2D eigenvalue weighted by molar-refractivity contribution is 5.80. The van der Waals surface area contributed by atoms with E-state index in [0.29, 0.717) is 19.0 Å². The highest BCUT2D eigenvalue weighted by Gasteiger charge is 2.29. The summed E-state index contributed by atoms with van der Waals surface area (Å²) in [5.74, 6) is 0.0198. The summed E-state index contributed by atoms with van der Waals surface area (Å²) in [6.07, 6.45) is 1.37. The van der Waals surface area contributed by atoms with Crippen LogP contribution in [-0.4, -0.2) is 60.6 Å². The van der Waals surface area contributed by atoms with Crippen LogP contribution < -0.4 is 5.73 Å². The molecule has 0 aromatic heterocycles. The van der Waals surface area contributed by atoms with Crippen molar-refractivity contribution in [3.63, 3.8) is 0 Å². The van der Waals surface area contributed by atoms with E-state index in [4.69, 9.17) is 10.5 Å². The predicted octanol–water partition coefficient (Wildman–Crippen LogP) is 1.05. The molecule has 6 nitrogen and oxygen atoms in total. The molecule has 0 spiro atoms. The smallest absolute Gasteiger partial charge is 0.409 e. The second-order valence-corrected chi connectivity index (χ2v) is 5.85. The maximum absolute atomic E-state index is 11.9. The zero-order chi connectivity index (χ0) is 15.3. The van der Waals surface area contributed by atoms with E-state index in [9.17, 15) is 9.59 Å². The first-order chi connectivity index (χ1) is 9.32. The molecule has 1 rings (SSSR count). The standard InChI is InChI=1S/C14H27N3O3/c1-10(2)11(3)20-14(19)16(4)8-9-17-7-5-6-12(17)13(15)18/h10-12H,5-9H2,1-4H3,(H2,15,18)/t11?,12-/m1/s1. The minimum absolute atomic E-state index is 0.102. The van der Waals surface area contributed by atoms with Crippen LogP contribution in [0, 0.1) is 5.92 Å². The molecule has 0 bridgehead atoms. The zero-order valence-corrected chi connectivity index (χ0v) is 13.0. The molecule has 0 aromatic rings. The van der Waals surface area contributed by atoms with Crippen LogP contribution in [0.3, 0.4) is 0 Å². The number of ether oxygens (including phenoxy) is 1. The Labute approximate surface area is 121 Å². The van der Waals surface area contributed by atoms with Gasteiger partial charge in [-0.1, -0.05) is 13.8 Å². The van der Waals surface area contributed by atoms with Gasteiger partial charge in [-0.2, -0.15) is 0 Å². The molecule has 2 N–H and O–H groups in total. The van der Waals surface area contributed by atoms with Crippen molar-refractivity contribution in [1.29, 1.82) is 0 Å². The third-order valence-electron chi connectivity index (χ3n) is 3.95. The van der Waals surface area contributed by atoms with E-state index in [-0.39, 0.29) is 24.1 Å². The summed E-state index contributed by atoms with van der Waals surface area (Å²) in [4.78, 5) is 26.7. The number of hydrogen-bond donors (Lipinski definition) is 1. The molecule has 2 atom stereocenters. The Morgan fingerprint density at radius 2 is 2.05 bits per heavy atom. The molecule has 20 heavy (non-hydrogen) atoms. The number of rotatable bonds is 6. The second-order valence-electron chi connectivity index (χ2n) is 5.85. The van der Waals surface area contributed by atoms with Gasteiger partial charge in [-0.15, -0.1) is 0 Å². The minimum Gasteiger partial charge on any atom is -0.446 e. The molecule has 2 amide bonds. The van der Waals surface area contributed by atoms with Crippen molar-refractivity contribution in [2.24, 2.45) is 11.7 Å². The highest BCUT2D eigenvalue weighted by Crippen LogP contribution is 2.16.